The van der Waals surface area contributed by atoms with Crippen molar-refractivity contribution in [2.75, 3.05) is 6.67 Å². The fourth-order valence-electron chi connectivity index (χ4n) is 1.87. The average molecular weight is 233 g/mol. The second kappa shape index (κ2) is 4.05. The van der Waals surface area contributed by atoms with Gasteiger partial charge in [-0.1, -0.05) is 6.07 Å². The maximum atomic E-state index is 12.4. The van der Waals surface area contributed by atoms with E-state index in [4.69, 9.17) is 0 Å². The van der Waals surface area contributed by atoms with Crippen molar-refractivity contribution >= 4 is 0 Å². The van der Waals surface area contributed by atoms with Gasteiger partial charge in [-0.15, -0.1) is 0 Å². The molecule has 16 heavy (non-hydrogen) atoms. The fourth-order valence-corrected chi connectivity index (χ4v) is 1.87. The van der Waals surface area contributed by atoms with Crippen LogP contribution >= 0.6 is 0 Å². The highest BCUT2D eigenvalue weighted by Crippen LogP contribution is 2.31. The van der Waals surface area contributed by atoms with Crippen LogP contribution in [0, 0.1) is 0 Å². The third-order valence-electron chi connectivity index (χ3n) is 2.77. The summed E-state index contributed by atoms with van der Waals surface area (Å²) in [5.74, 6) is 0. The van der Waals surface area contributed by atoms with Crippen LogP contribution in [0.15, 0.2) is 18.2 Å². The summed E-state index contributed by atoms with van der Waals surface area (Å²) in [7, 11) is 0. The second-order valence-corrected chi connectivity index (χ2v) is 3.92. The highest BCUT2D eigenvalue weighted by molar-refractivity contribution is 5.35. The van der Waals surface area contributed by atoms with E-state index in [-0.39, 0.29) is 6.04 Å². The van der Waals surface area contributed by atoms with Crippen molar-refractivity contribution in [2.24, 2.45) is 0 Å². The zero-order chi connectivity index (χ0) is 11.8. The first-order chi connectivity index (χ1) is 7.50. The Labute approximate surface area is 90.5 Å². The predicted molar refractivity (Wildman–Crippen MR) is 51.8 cm³/mol. The smallest absolute Gasteiger partial charge is 0.307 e. The summed E-state index contributed by atoms with van der Waals surface area (Å²) < 4.78 is 49.7. The number of hydrogen-bond acceptors (Lipinski definition) is 1. The molecule has 1 aliphatic heterocycles. The van der Waals surface area contributed by atoms with Gasteiger partial charge in [-0.2, -0.15) is 13.2 Å². The molecule has 1 aliphatic rings. The number of nitrogens with one attached hydrogen (secondary N) is 1. The molecule has 0 fully saturated rings. The Bertz CT molecular complexity index is 386. The summed E-state index contributed by atoms with van der Waals surface area (Å²) in [6.45, 7) is -0.200. The SMILES string of the molecule is FC[C@H]1Cc2ccc(C(F)(F)F)cc2CN1. The lowest BCUT2D eigenvalue weighted by molar-refractivity contribution is -0.137. The summed E-state index contributed by atoms with van der Waals surface area (Å²) in [6.07, 6.45) is -3.87. The Morgan fingerprint density at radius 3 is 2.62 bits per heavy atom. The van der Waals surface area contributed by atoms with Gasteiger partial charge in [0.2, 0.25) is 0 Å². The molecule has 1 nitrogen and oxygen atoms in total. The van der Waals surface area contributed by atoms with E-state index in [0.29, 0.717) is 18.5 Å². The summed E-state index contributed by atoms with van der Waals surface area (Å²) >= 11 is 0. The average Bonchev–Trinajstić information content (AvgIpc) is 2.26. The number of hydrogen-bond donors (Lipinski definition) is 1. The molecule has 0 amide bonds. The minimum Gasteiger partial charge on any atom is -0.307 e. The normalized spacial score (nSPS) is 20.6. The van der Waals surface area contributed by atoms with Crippen molar-refractivity contribution in [3.05, 3.63) is 34.9 Å². The molecule has 0 spiro atoms. The summed E-state index contributed by atoms with van der Waals surface area (Å²) in [4.78, 5) is 0. The second-order valence-electron chi connectivity index (χ2n) is 3.92. The Kier molecular flexibility index (Phi) is 2.88. The Morgan fingerprint density at radius 2 is 2.00 bits per heavy atom. The van der Waals surface area contributed by atoms with Crippen LogP contribution in [-0.4, -0.2) is 12.7 Å². The van der Waals surface area contributed by atoms with Crippen LogP contribution in [0.1, 0.15) is 16.7 Å². The van der Waals surface area contributed by atoms with E-state index < -0.39 is 18.4 Å². The lowest BCUT2D eigenvalue weighted by Gasteiger charge is -2.24. The number of fused-ring (bicyclic) bond motifs is 1. The molecule has 1 N–H and O–H groups in total. The molecule has 0 radical (unpaired) electrons. The molecule has 0 aromatic heterocycles. The summed E-state index contributed by atoms with van der Waals surface area (Å²) in [5.41, 5.74) is 0.765. The van der Waals surface area contributed by atoms with Crippen LogP contribution in [0.25, 0.3) is 0 Å². The first kappa shape index (κ1) is 11.4. The van der Waals surface area contributed by atoms with E-state index in [2.05, 4.69) is 5.32 Å². The molecule has 0 aliphatic carbocycles. The molecule has 1 atom stereocenters. The Morgan fingerprint density at radius 1 is 1.25 bits per heavy atom. The van der Waals surface area contributed by atoms with Gasteiger partial charge in [0.15, 0.2) is 0 Å². The Balaban J connectivity index is 2.28. The number of halogens is 4. The monoisotopic (exact) mass is 233 g/mol. The molecule has 0 saturated heterocycles. The van der Waals surface area contributed by atoms with Crippen molar-refractivity contribution in [2.45, 2.75) is 25.2 Å². The van der Waals surface area contributed by atoms with Gasteiger partial charge >= 0.3 is 6.18 Å². The maximum absolute atomic E-state index is 12.4. The van der Waals surface area contributed by atoms with E-state index in [1.807, 2.05) is 0 Å². The van der Waals surface area contributed by atoms with Crippen molar-refractivity contribution in [3.63, 3.8) is 0 Å². The first-order valence-electron chi connectivity index (χ1n) is 4.99. The van der Waals surface area contributed by atoms with Crippen LogP contribution in [0.4, 0.5) is 17.6 Å². The van der Waals surface area contributed by atoms with Crippen molar-refractivity contribution in [1.29, 1.82) is 0 Å². The number of rotatable bonds is 1. The van der Waals surface area contributed by atoms with E-state index >= 15 is 0 Å². The minimum atomic E-state index is -4.31. The Hall–Kier alpha value is -1.10. The third kappa shape index (κ3) is 2.19. The van der Waals surface area contributed by atoms with E-state index in [1.165, 1.54) is 6.07 Å². The quantitative estimate of drug-likeness (QED) is 0.735. The van der Waals surface area contributed by atoms with Crippen molar-refractivity contribution in [1.82, 2.24) is 5.32 Å². The first-order valence-corrected chi connectivity index (χ1v) is 4.99. The van der Waals surface area contributed by atoms with Gasteiger partial charge in [-0.05, 0) is 29.7 Å². The molecule has 0 bridgehead atoms. The molecular weight excluding hydrogens is 222 g/mol. The zero-order valence-corrected chi connectivity index (χ0v) is 8.44. The summed E-state index contributed by atoms with van der Waals surface area (Å²) in [6, 6.07) is 3.36. The fraction of sp³-hybridized carbons (Fsp3) is 0.455. The lowest BCUT2D eigenvalue weighted by Crippen LogP contribution is -2.37. The van der Waals surface area contributed by atoms with E-state index in [9.17, 15) is 17.6 Å². The van der Waals surface area contributed by atoms with Crippen molar-refractivity contribution in [3.8, 4) is 0 Å². The standard InChI is InChI=1S/C11H11F4N/c12-5-10-4-7-1-2-9(11(13,14)15)3-8(7)6-16-10/h1-3,10,16H,4-6H2/t10-/m1/s1. The van der Waals surface area contributed by atoms with Gasteiger partial charge in [-0.3, -0.25) is 0 Å². The number of benzene rings is 1. The molecule has 88 valence electrons. The molecule has 1 aromatic carbocycles. The molecular formula is C11H11F4N. The minimum absolute atomic E-state index is 0.274. The van der Waals surface area contributed by atoms with Crippen LogP contribution in [0.2, 0.25) is 0 Å². The molecule has 2 rings (SSSR count). The largest absolute Gasteiger partial charge is 0.416 e. The van der Waals surface area contributed by atoms with Gasteiger partial charge in [0.1, 0.15) is 6.67 Å². The molecule has 0 saturated carbocycles. The van der Waals surface area contributed by atoms with Gasteiger partial charge in [0.05, 0.1) is 5.56 Å². The predicted octanol–water partition coefficient (Wildman–Crippen LogP) is 2.69. The van der Waals surface area contributed by atoms with Crippen LogP contribution in [0.5, 0.6) is 0 Å². The van der Waals surface area contributed by atoms with Crippen LogP contribution in [0.3, 0.4) is 0 Å². The van der Waals surface area contributed by atoms with Crippen molar-refractivity contribution < 1.29 is 17.6 Å². The molecule has 0 unspecified atom stereocenters. The zero-order valence-electron chi connectivity index (χ0n) is 8.44. The highest BCUT2D eigenvalue weighted by Gasteiger charge is 2.31. The highest BCUT2D eigenvalue weighted by atomic mass is 19.4. The number of alkyl halides is 4. The van der Waals surface area contributed by atoms with Gasteiger partial charge < -0.3 is 5.32 Å². The van der Waals surface area contributed by atoms with Gasteiger partial charge in [0, 0.05) is 12.6 Å². The molecule has 1 heterocycles. The topological polar surface area (TPSA) is 12.0 Å². The lowest BCUT2D eigenvalue weighted by atomic mass is 9.94. The third-order valence-corrected chi connectivity index (χ3v) is 2.77. The molecule has 5 heteroatoms. The molecule has 1 aromatic rings. The van der Waals surface area contributed by atoms with Gasteiger partial charge in [-0.25, -0.2) is 4.39 Å². The maximum Gasteiger partial charge on any atom is 0.416 e. The van der Waals surface area contributed by atoms with E-state index in [1.54, 1.807) is 0 Å². The van der Waals surface area contributed by atoms with Gasteiger partial charge in [0.25, 0.3) is 0 Å². The summed E-state index contributed by atoms with van der Waals surface area (Å²) in [5, 5.41) is 2.86. The van der Waals surface area contributed by atoms with Crippen LogP contribution in [-0.2, 0) is 19.1 Å². The van der Waals surface area contributed by atoms with Crippen LogP contribution < -0.4 is 5.32 Å². The van der Waals surface area contributed by atoms with E-state index in [0.717, 1.165) is 17.7 Å².